The minimum Gasteiger partial charge on any atom is -0.297 e. The number of fused-ring (bicyclic) bond motifs is 1. The van der Waals surface area contributed by atoms with Crippen LogP contribution >= 0.6 is 15.9 Å². The lowest BCUT2D eigenvalue weighted by molar-refractivity contribution is 0.182. The molecule has 3 rings (SSSR count). The molecule has 100 valence electrons. The normalized spacial score (nSPS) is 24.7. The number of rotatable bonds is 2. The minimum atomic E-state index is 0.674. The van der Waals surface area contributed by atoms with Gasteiger partial charge >= 0.3 is 0 Å². The first-order chi connectivity index (χ1) is 9.22. The lowest BCUT2D eigenvalue weighted by atomic mass is 10.00. The van der Waals surface area contributed by atoms with Crippen molar-refractivity contribution in [3.8, 4) is 0 Å². The number of piperidine rings is 1. The van der Waals surface area contributed by atoms with Gasteiger partial charge in [0.2, 0.25) is 0 Å². The Morgan fingerprint density at radius 2 is 2.11 bits per heavy atom. The van der Waals surface area contributed by atoms with Gasteiger partial charge in [0, 0.05) is 23.3 Å². The van der Waals surface area contributed by atoms with Crippen molar-refractivity contribution in [1.29, 1.82) is 0 Å². The molecule has 1 aliphatic rings. The summed E-state index contributed by atoms with van der Waals surface area (Å²) >= 11 is 3.76. The van der Waals surface area contributed by atoms with Gasteiger partial charge in [-0.2, -0.15) is 0 Å². The molecule has 19 heavy (non-hydrogen) atoms. The van der Waals surface area contributed by atoms with E-state index in [0.29, 0.717) is 10.7 Å². The van der Waals surface area contributed by atoms with Crippen LogP contribution in [0.15, 0.2) is 36.4 Å². The number of aromatic nitrogens is 1. The SMILES string of the molecule is CC1CN(Cc2ccc3ccccc3n2)CCC1Br. The van der Waals surface area contributed by atoms with Crippen LogP contribution < -0.4 is 0 Å². The summed E-state index contributed by atoms with van der Waals surface area (Å²) in [7, 11) is 0. The van der Waals surface area contributed by atoms with Crippen molar-refractivity contribution in [2.24, 2.45) is 5.92 Å². The van der Waals surface area contributed by atoms with E-state index in [1.807, 2.05) is 0 Å². The summed E-state index contributed by atoms with van der Waals surface area (Å²) in [5, 5.41) is 1.22. The first-order valence-corrected chi connectivity index (χ1v) is 7.85. The molecule has 2 aromatic rings. The second-order valence-electron chi connectivity index (χ2n) is 5.51. The average Bonchev–Trinajstić information content (AvgIpc) is 2.43. The number of para-hydroxylation sites is 1. The van der Waals surface area contributed by atoms with Crippen molar-refractivity contribution in [1.82, 2.24) is 9.88 Å². The van der Waals surface area contributed by atoms with Crippen molar-refractivity contribution in [3.63, 3.8) is 0 Å². The number of hydrogen-bond donors (Lipinski definition) is 0. The van der Waals surface area contributed by atoms with Crippen LogP contribution in [0.4, 0.5) is 0 Å². The predicted molar refractivity (Wildman–Crippen MR) is 83.5 cm³/mol. The zero-order valence-corrected chi connectivity index (χ0v) is 12.8. The molecule has 0 saturated carbocycles. The van der Waals surface area contributed by atoms with Gasteiger partial charge in [-0.15, -0.1) is 0 Å². The van der Waals surface area contributed by atoms with Gasteiger partial charge in [0.05, 0.1) is 11.2 Å². The van der Waals surface area contributed by atoms with E-state index in [1.54, 1.807) is 0 Å². The molecule has 0 radical (unpaired) electrons. The largest absolute Gasteiger partial charge is 0.297 e. The second kappa shape index (κ2) is 5.59. The smallest absolute Gasteiger partial charge is 0.0705 e. The van der Waals surface area contributed by atoms with Crippen LogP contribution in [0.25, 0.3) is 10.9 Å². The third-order valence-corrected chi connectivity index (χ3v) is 5.29. The highest BCUT2D eigenvalue weighted by Gasteiger charge is 2.23. The number of likely N-dealkylation sites (tertiary alicyclic amines) is 1. The Morgan fingerprint density at radius 1 is 1.26 bits per heavy atom. The quantitative estimate of drug-likeness (QED) is 0.782. The molecule has 2 nitrogen and oxygen atoms in total. The van der Waals surface area contributed by atoms with Crippen LogP contribution in [0.2, 0.25) is 0 Å². The highest BCUT2D eigenvalue weighted by molar-refractivity contribution is 9.09. The van der Waals surface area contributed by atoms with Crippen molar-refractivity contribution >= 4 is 26.8 Å². The molecule has 2 heterocycles. The maximum absolute atomic E-state index is 4.76. The molecule has 2 unspecified atom stereocenters. The van der Waals surface area contributed by atoms with Gasteiger partial charge < -0.3 is 0 Å². The van der Waals surface area contributed by atoms with Gasteiger partial charge in [-0.05, 0) is 31.0 Å². The molecule has 3 heteroatoms. The van der Waals surface area contributed by atoms with E-state index in [9.17, 15) is 0 Å². The van der Waals surface area contributed by atoms with Gasteiger partial charge in [-0.25, -0.2) is 0 Å². The standard InChI is InChI=1S/C16H19BrN2/c1-12-10-19(9-8-15(12)17)11-14-7-6-13-4-2-3-5-16(13)18-14/h2-7,12,15H,8-11H2,1H3. The number of hydrogen-bond acceptors (Lipinski definition) is 2. The fourth-order valence-corrected chi connectivity index (χ4v) is 3.14. The Bertz CT molecular complexity index is 569. The average molecular weight is 319 g/mol. The van der Waals surface area contributed by atoms with Crippen LogP contribution in [-0.4, -0.2) is 27.8 Å². The molecular formula is C16H19BrN2. The Balaban J connectivity index is 1.74. The summed E-state index contributed by atoms with van der Waals surface area (Å²) in [4.78, 5) is 7.95. The van der Waals surface area contributed by atoms with Crippen molar-refractivity contribution in [2.45, 2.75) is 24.7 Å². The summed E-state index contributed by atoms with van der Waals surface area (Å²) in [5.74, 6) is 0.717. The fourth-order valence-electron chi connectivity index (χ4n) is 2.77. The van der Waals surface area contributed by atoms with Gasteiger partial charge in [-0.3, -0.25) is 9.88 Å². The molecule has 0 amide bonds. The number of benzene rings is 1. The van der Waals surface area contributed by atoms with Crippen LogP contribution in [0.5, 0.6) is 0 Å². The van der Waals surface area contributed by atoms with Crippen molar-refractivity contribution in [3.05, 3.63) is 42.1 Å². The first-order valence-electron chi connectivity index (χ1n) is 6.93. The zero-order valence-electron chi connectivity index (χ0n) is 11.2. The Hall–Kier alpha value is -0.930. The van der Waals surface area contributed by atoms with Crippen LogP contribution in [0, 0.1) is 5.92 Å². The van der Waals surface area contributed by atoms with Gasteiger partial charge in [0.15, 0.2) is 0 Å². The van der Waals surface area contributed by atoms with E-state index in [0.717, 1.165) is 25.2 Å². The number of alkyl halides is 1. The Morgan fingerprint density at radius 3 is 2.95 bits per heavy atom. The van der Waals surface area contributed by atoms with E-state index >= 15 is 0 Å². The van der Waals surface area contributed by atoms with E-state index in [2.05, 4.69) is 64.2 Å². The molecule has 1 saturated heterocycles. The Kier molecular flexibility index (Phi) is 3.85. The van der Waals surface area contributed by atoms with E-state index < -0.39 is 0 Å². The molecule has 1 aliphatic heterocycles. The van der Waals surface area contributed by atoms with E-state index in [1.165, 1.54) is 17.5 Å². The number of pyridine rings is 1. The summed E-state index contributed by atoms with van der Waals surface area (Å²) < 4.78 is 0. The summed E-state index contributed by atoms with van der Waals surface area (Å²) in [6.07, 6.45) is 1.23. The van der Waals surface area contributed by atoms with E-state index in [4.69, 9.17) is 4.98 Å². The summed E-state index contributed by atoms with van der Waals surface area (Å²) in [6, 6.07) is 12.7. The van der Waals surface area contributed by atoms with Gasteiger partial charge in [0.25, 0.3) is 0 Å². The fraction of sp³-hybridized carbons (Fsp3) is 0.438. The van der Waals surface area contributed by atoms with Crippen molar-refractivity contribution in [2.75, 3.05) is 13.1 Å². The molecule has 0 aliphatic carbocycles. The molecule has 0 spiro atoms. The van der Waals surface area contributed by atoms with Gasteiger partial charge in [0.1, 0.15) is 0 Å². The predicted octanol–water partition coefficient (Wildman–Crippen LogP) is 3.84. The zero-order chi connectivity index (χ0) is 13.2. The molecule has 2 atom stereocenters. The maximum atomic E-state index is 4.76. The third kappa shape index (κ3) is 2.98. The highest BCUT2D eigenvalue weighted by atomic mass is 79.9. The monoisotopic (exact) mass is 318 g/mol. The molecule has 1 fully saturated rings. The van der Waals surface area contributed by atoms with Crippen LogP contribution in [0.3, 0.4) is 0 Å². The van der Waals surface area contributed by atoms with Gasteiger partial charge in [-0.1, -0.05) is 47.1 Å². The van der Waals surface area contributed by atoms with Crippen LogP contribution in [-0.2, 0) is 6.54 Å². The molecule has 1 aromatic heterocycles. The number of nitrogens with zero attached hydrogens (tertiary/aromatic N) is 2. The topological polar surface area (TPSA) is 16.1 Å². The van der Waals surface area contributed by atoms with Crippen LogP contribution in [0.1, 0.15) is 19.0 Å². The minimum absolute atomic E-state index is 0.674. The second-order valence-corrected chi connectivity index (χ2v) is 6.69. The molecule has 0 N–H and O–H groups in total. The van der Waals surface area contributed by atoms with Crippen molar-refractivity contribution < 1.29 is 0 Å². The lowest BCUT2D eigenvalue weighted by Gasteiger charge is -2.34. The summed E-state index contributed by atoms with van der Waals surface area (Å²) in [5.41, 5.74) is 2.28. The highest BCUT2D eigenvalue weighted by Crippen LogP contribution is 2.24. The molecule has 1 aromatic carbocycles. The Labute approximate surface area is 123 Å². The maximum Gasteiger partial charge on any atom is 0.0705 e. The molecular weight excluding hydrogens is 300 g/mol. The molecule has 0 bridgehead atoms. The lowest BCUT2D eigenvalue weighted by Crippen LogP contribution is -2.39. The third-order valence-electron chi connectivity index (χ3n) is 3.93. The van der Waals surface area contributed by atoms with E-state index in [-0.39, 0.29) is 0 Å². The first kappa shape index (κ1) is 13.1. The number of halogens is 1. The summed E-state index contributed by atoms with van der Waals surface area (Å²) in [6.45, 7) is 5.60.